The SMILES string of the molecule is C=C(c1cnc(-c2ccc(-n3ccnc3)cc2O)nn1)C1CCCC1. The number of phenols is 1. The van der Waals surface area contributed by atoms with E-state index in [0.29, 0.717) is 17.3 Å². The van der Waals surface area contributed by atoms with Crippen LogP contribution in [0.15, 0.2) is 49.7 Å². The van der Waals surface area contributed by atoms with Crippen molar-refractivity contribution >= 4 is 5.57 Å². The molecular weight excluding hydrogens is 314 g/mol. The number of hydrogen-bond donors (Lipinski definition) is 1. The summed E-state index contributed by atoms with van der Waals surface area (Å²) in [4.78, 5) is 8.39. The second-order valence-corrected chi connectivity index (χ2v) is 6.35. The highest BCUT2D eigenvalue weighted by molar-refractivity contribution is 5.67. The molecule has 0 unspecified atom stereocenters. The quantitative estimate of drug-likeness (QED) is 0.789. The molecule has 3 aromatic rings. The first-order valence-corrected chi connectivity index (χ1v) is 8.43. The molecule has 25 heavy (non-hydrogen) atoms. The molecule has 1 aliphatic carbocycles. The topological polar surface area (TPSA) is 76.7 Å². The van der Waals surface area contributed by atoms with Crippen LogP contribution < -0.4 is 0 Å². The van der Waals surface area contributed by atoms with Crippen molar-refractivity contribution in [1.29, 1.82) is 0 Å². The maximum Gasteiger partial charge on any atom is 0.185 e. The van der Waals surface area contributed by atoms with Gasteiger partial charge in [-0.05, 0) is 36.5 Å². The molecule has 0 saturated heterocycles. The van der Waals surface area contributed by atoms with Gasteiger partial charge in [-0.15, -0.1) is 10.2 Å². The summed E-state index contributed by atoms with van der Waals surface area (Å²) < 4.78 is 1.82. The monoisotopic (exact) mass is 333 g/mol. The van der Waals surface area contributed by atoms with Crippen molar-refractivity contribution in [2.24, 2.45) is 5.92 Å². The lowest BCUT2D eigenvalue weighted by Gasteiger charge is -2.12. The molecule has 0 radical (unpaired) electrons. The number of allylic oxidation sites excluding steroid dienone is 1. The number of imidazole rings is 1. The van der Waals surface area contributed by atoms with Gasteiger partial charge in [-0.1, -0.05) is 19.4 Å². The number of aromatic hydroxyl groups is 1. The van der Waals surface area contributed by atoms with E-state index in [0.717, 1.165) is 17.0 Å². The summed E-state index contributed by atoms with van der Waals surface area (Å²) >= 11 is 0. The van der Waals surface area contributed by atoms with Crippen LogP contribution in [0.1, 0.15) is 31.4 Å². The fourth-order valence-corrected chi connectivity index (χ4v) is 3.31. The maximum atomic E-state index is 10.3. The van der Waals surface area contributed by atoms with E-state index < -0.39 is 0 Å². The fourth-order valence-electron chi connectivity index (χ4n) is 3.31. The summed E-state index contributed by atoms with van der Waals surface area (Å²) in [6.07, 6.45) is 11.7. The molecule has 1 saturated carbocycles. The third-order valence-electron chi connectivity index (χ3n) is 4.76. The van der Waals surface area contributed by atoms with E-state index in [2.05, 4.69) is 26.7 Å². The molecule has 0 bridgehead atoms. The third kappa shape index (κ3) is 3.03. The zero-order valence-corrected chi connectivity index (χ0v) is 13.8. The third-order valence-corrected chi connectivity index (χ3v) is 4.76. The summed E-state index contributed by atoms with van der Waals surface area (Å²) in [6, 6.07) is 5.32. The van der Waals surface area contributed by atoms with E-state index in [-0.39, 0.29) is 5.75 Å². The van der Waals surface area contributed by atoms with Crippen LogP contribution in [0.2, 0.25) is 0 Å². The number of rotatable bonds is 4. The van der Waals surface area contributed by atoms with Crippen LogP contribution >= 0.6 is 0 Å². The Balaban J connectivity index is 1.58. The summed E-state index contributed by atoms with van der Waals surface area (Å²) in [5.74, 6) is 0.998. The lowest BCUT2D eigenvalue weighted by molar-refractivity contribution is 0.476. The van der Waals surface area contributed by atoms with E-state index in [1.807, 2.05) is 16.8 Å². The highest BCUT2D eigenvalue weighted by Crippen LogP contribution is 2.35. The van der Waals surface area contributed by atoms with E-state index in [1.165, 1.54) is 25.7 Å². The van der Waals surface area contributed by atoms with Gasteiger partial charge in [-0.3, -0.25) is 0 Å². The van der Waals surface area contributed by atoms with Crippen LogP contribution in [0.5, 0.6) is 5.75 Å². The van der Waals surface area contributed by atoms with Crippen molar-refractivity contribution in [3.8, 4) is 22.8 Å². The summed E-state index contributed by atoms with van der Waals surface area (Å²) in [6.45, 7) is 4.17. The van der Waals surface area contributed by atoms with E-state index >= 15 is 0 Å². The molecular formula is C19H19N5O. The number of benzene rings is 1. The Labute approximate surface area is 145 Å². The van der Waals surface area contributed by atoms with Crippen LogP contribution in [0, 0.1) is 5.92 Å². The predicted octanol–water partition coefficient (Wildman–Crippen LogP) is 3.63. The molecule has 6 nitrogen and oxygen atoms in total. The van der Waals surface area contributed by atoms with Crippen molar-refractivity contribution in [3.05, 3.63) is 55.4 Å². The summed E-state index contributed by atoms with van der Waals surface area (Å²) in [5, 5.41) is 18.8. The minimum absolute atomic E-state index is 0.107. The molecule has 0 aliphatic heterocycles. The average molecular weight is 333 g/mol. The largest absolute Gasteiger partial charge is 0.507 e. The Kier molecular flexibility index (Phi) is 4.01. The minimum atomic E-state index is 0.107. The average Bonchev–Trinajstić information content (AvgIpc) is 3.35. The Morgan fingerprint density at radius 3 is 2.68 bits per heavy atom. The van der Waals surface area contributed by atoms with Crippen LogP contribution in [0.4, 0.5) is 0 Å². The highest BCUT2D eigenvalue weighted by atomic mass is 16.3. The first-order valence-electron chi connectivity index (χ1n) is 8.43. The van der Waals surface area contributed by atoms with Crippen molar-refractivity contribution in [2.45, 2.75) is 25.7 Å². The number of aromatic nitrogens is 5. The Morgan fingerprint density at radius 1 is 1.20 bits per heavy atom. The van der Waals surface area contributed by atoms with Gasteiger partial charge in [-0.25, -0.2) is 9.97 Å². The fraction of sp³-hybridized carbons (Fsp3) is 0.263. The second-order valence-electron chi connectivity index (χ2n) is 6.35. The van der Waals surface area contributed by atoms with Gasteiger partial charge in [0.15, 0.2) is 5.82 Å². The van der Waals surface area contributed by atoms with Crippen LogP contribution in [-0.2, 0) is 0 Å². The molecule has 1 aromatic carbocycles. The Hall–Kier alpha value is -3.02. The van der Waals surface area contributed by atoms with Crippen molar-refractivity contribution < 1.29 is 5.11 Å². The van der Waals surface area contributed by atoms with Gasteiger partial charge in [0, 0.05) is 18.5 Å². The molecule has 0 atom stereocenters. The number of phenolic OH excluding ortho intramolecular Hbond substituents is 1. The lowest BCUT2D eigenvalue weighted by atomic mass is 9.97. The molecule has 0 amide bonds. The smallest absolute Gasteiger partial charge is 0.185 e. The van der Waals surface area contributed by atoms with Crippen LogP contribution in [0.25, 0.3) is 22.6 Å². The first kappa shape index (κ1) is 15.5. The summed E-state index contributed by atoms with van der Waals surface area (Å²) in [5.41, 5.74) is 3.13. The van der Waals surface area contributed by atoms with Crippen LogP contribution in [-0.4, -0.2) is 29.8 Å². The standard InChI is InChI=1S/C19H19N5O/c1-13(14-4-2-3-5-14)17-11-21-19(23-22-17)16-7-6-15(10-18(16)25)24-9-8-20-12-24/h6-12,14,25H,1-5H2. The Morgan fingerprint density at radius 2 is 2.04 bits per heavy atom. The van der Waals surface area contributed by atoms with Gasteiger partial charge in [0.05, 0.1) is 23.8 Å². The Bertz CT molecular complexity index is 881. The predicted molar refractivity (Wildman–Crippen MR) is 95.0 cm³/mol. The van der Waals surface area contributed by atoms with Crippen molar-refractivity contribution in [2.75, 3.05) is 0 Å². The minimum Gasteiger partial charge on any atom is -0.507 e. The first-order chi connectivity index (χ1) is 12.2. The summed E-state index contributed by atoms with van der Waals surface area (Å²) in [7, 11) is 0. The van der Waals surface area contributed by atoms with Gasteiger partial charge in [0.2, 0.25) is 0 Å². The van der Waals surface area contributed by atoms with Crippen LogP contribution in [0.3, 0.4) is 0 Å². The van der Waals surface area contributed by atoms with Gasteiger partial charge >= 0.3 is 0 Å². The molecule has 1 fully saturated rings. The second kappa shape index (κ2) is 6.47. The van der Waals surface area contributed by atoms with E-state index in [4.69, 9.17) is 0 Å². The van der Waals surface area contributed by atoms with E-state index in [9.17, 15) is 5.11 Å². The van der Waals surface area contributed by atoms with Crippen molar-refractivity contribution in [3.63, 3.8) is 0 Å². The van der Waals surface area contributed by atoms with Crippen molar-refractivity contribution in [1.82, 2.24) is 24.7 Å². The molecule has 2 aromatic heterocycles. The molecule has 4 rings (SSSR count). The normalized spacial score (nSPS) is 14.7. The number of hydrogen-bond acceptors (Lipinski definition) is 5. The zero-order valence-electron chi connectivity index (χ0n) is 13.8. The number of nitrogens with zero attached hydrogens (tertiary/aromatic N) is 5. The van der Waals surface area contributed by atoms with Gasteiger partial charge in [-0.2, -0.15) is 0 Å². The zero-order chi connectivity index (χ0) is 17.2. The van der Waals surface area contributed by atoms with Gasteiger partial charge < -0.3 is 9.67 Å². The van der Waals surface area contributed by atoms with E-state index in [1.54, 1.807) is 30.9 Å². The molecule has 1 aliphatic rings. The molecule has 1 N–H and O–H groups in total. The van der Waals surface area contributed by atoms with Gasteiger partial charge in [0.25, 0.3) is 0 Å². The molecule has 6 heteroatoms. The molecule has 0 spiro atoms. The highest BCUT2D eigenvalue weighted by Gasteiger charge is 2.20. The molecule has 126 valence electrons. The lowest BCUT2D eigenvalue weighted by Crippen LogP contribution is -2.03. The maximum absolute atomic E-state index is 10.3. The van der Waals surface area contributed by atoms with Gasteiger partial charge in [0.1, 0.15) is 11.4 Å². The molecule has 2 heterocycles.